The molecule has 0 saturated carbocycles. The van der Waals surface area contributed by atoms with Crippen LogP contribution in [0.25, 0.3) is 11.3 Å². The molecule has 1 amide bonds. The number of aryl methyl sites for hydroxylation is 1. The van der Waals surface area contributed by atoms with Gasteiger partial charge in [0.15, 0.2) is 5.76 Å². The van der Waals surface area contributed by atoms with Gasteiger partial charge in [-0.3, -0.25) is 4.79 Å². The molecule has 0 atom stereocenters. The van der Waals surface area contributed by atoms with Gasteiger partial charge >= 0.3 is 0 Å². The Morgan fingerprint density at radius 1 is 1.25 bits per heavy atom. The predicted molar refractivity (Wildman–Crippen MR) is 123 cm³/mol. The number of carbonyl (C=O) groups is 1. The topological polar surface area (TPSA) is 91.4 Å². The van der Waals surface area contributed by atoms with Gasteiger partial charge in [0.2, 0.25) is 5.91 Å². The maximum absolute atomic E-state index is 12.4. The van der Waals surface area contributed by atoms with Crippen LogP contribution in [-0.4, -0.2) is 24.0 Å². The molecular weight excluding hydrogens is 404 g/mol. The summed E-state index contributed by atoms with van der Waals surface area (Å²) in [5.41, 5.74) is 4.89. The minimum absolute atomic E-state index is 0.0484. The molecule has 1 saturated heterocycles. The van der Waals surface area contributed by atoms with Gasteiger partial charge in [0.05, 0.1) is 24.1 Å². The number of amides is 1. The zero-order chi connectivity index (χ0) is 22.5. The van der Waals surface area contributed by atoms with Gasteiger partial charge in [-0.2, -0.15) is 5.26 Å². The van der Waals surface area contributed by atoms with Gasteiger partial charge < -0.3 is 19.4 Å². The Morgan fingerprint density at radius 3 is 2.91 bits per heavy atom. The molecule has 7 nitrogen and oxygen atoms in total. The zero-order valence-corrected chi connectivity index (χ0v) is 18.4. The highest BCUT2D eigenvalue weighted by Crippen LogP contribution is 2.32. The fourth-order valence-corrected chi connectivity index (χ4v) is 3.76. The SMILES string of the molecule is CCOCc1ccc(C)c(Nc2ncc(-c3ccc(C#N)c(N4CCCCC4=O)c3)o2)c1. The normalized spacial score (nSPS) is 13.8. The van der Waals surface area contributed by atoms with Crippen LogP contribution in [0.1, 0.15) is 42.9 Å². The summed E-state index contributed by atoms with van der Waals surface area (Å²) in [4.78, 5) is 18.5. The summed E-state index contributed by atoms with van der Waals surface area (Å²) in [7, 11) is 0. The van der Waals surface area contributed by atoms with E-state index in [1.165, 1.54) is 0 Å². The minimum Gasteiger partial charge on any atom is -0.423 e. The van der Waals surface area contributed by atoms with Crippen LogP contribution >= 0.6 is 0 Å². The molecule has 2 heterocycles. The summed E-state index contributed by atoms with van der Waals surface area (Å²) < 4.78 is 11.4. The van der Waals surface area contributed by atoms with E-state index < -0.39 is 0 Å². The lowest BCUT2D eigenvalue weighted by atomic mass is 10.0. The number of piperidine rings is 1. The molecule has 0 unspecified atom stereocenters. The number of rotatable bonds is 7. The summed E-state index contributed by atoms with van der Waals surface area (Å²) in [5, 5.41) is 12.8. The van der Waals surface area contributed by atoms with Crippen molar-refractivity contribution in [1.82, 2.24) is 4.98 Å². The summed E-state index contributed by atoms with van der Waals surface area (Å²) in [5.74, 6) is 0.609. The van der Waals surface area contributed by atoms with E-state index in [4.69, 9.17) is 9.15 Å². The lowest BCUT2D eigenvalue weighted by molar-refractivity contribution is -0.119. The Balaban J connectivity index is 1.58. The Hall–Kier alpha value is -3.63. The summed E-state index contributed by atoms with van der Waals surface area (Å²) in [6.45, 7) is 5.81. The lowest BCUT2D eigenvalue weighted by Crippen LogP contribution is -2.35. The molecule has 164 valence electrons. The number of nitrogens with zero attached hydrogens (tertiary/aromatic N) is 3. The molecule has 1 aliphatic rings. The third-order valence-corrected chi connectivity index (χ3v) is 5.54. The summed E-state index contributed by atoms with van der Waals surface area (Å²) in [6, 6.07) is 14.0. The van der Waals surface area contributed by atoms with Gasteiger partial charge in [-0.1, -0.05) is 12.1 Å². The van der Waals surface area contributed by atoms with Crippen molar-refractivity contribution in [1.29, 1.82) is 5.26 Å². The van der Waals surface area contributed by atoms with Crippen LogP contribution in [0.4, 0.5) is 17.4 Å². The largest absolute Gasteiger partial charge is 0.423 e. The molecule has 1 aromatic heterocycles. The second-order valence-electron chi connectivity index (χ2n) is 7.79. The number of carbonyl (C=O) groups excluding carboxylic acids is 1. The van der Waals surface area contributed by atoms with Crippen LogP contribution in [0.2, 0.25) is 0 Å². The number of hydrogen-bond acceptors (Lipinski definition) is 6. The molecule has 4 rings (SSSR count). The first kappa shape index (κ1) is 21.6. The van der Waals surface area contributed by atoms with E-state index >= 15 is 0 Å². The molecule has 3 aromatic rings. The number of ether oxygens (including phenoxy) is 1. The van der Waals surface area contributed by atoms with Crippen LogP contribution < -0.4 is 10.2 Å². The molecule has 0 aliphatic carbocycles. The van der Waals surface area contributed by atoms with Crippen molar-refractivity contribution in [2.75, 3.05) is 23.4 Å². The number of anilines is 3. The van der Waals surface area contributed by atoms with Gasteiger partial charge in [-0.15, -0.1) is 0 Å². The van der Waals surface area contributed by atoms with E-state index in [0.717, 1.165) is 35.2 Å². The average Bonchev–Trinajstić information content (AvgIpc) is 3.28. The van der Waals surface area contributed by atoms with Crippen LogP contribution in [0.3, 0.4) is 0 Å². The molecule has 1 aliphatic heterocycles. The highest BCUT2D eigenvalue weighted by molar-refractivity contribution is 5.96. The van der Waals surface area contributed by atoms with E-state index in [1.807, 2.05) is 44.2 Å². The number of oxazole rings is 1. The maximum Gasteiger partial charge on any atom is 0.299 e. The van der Waals surface area contributed by atoms with E-state index in [9.17, 15) is 10.1 Å². The average molecular weight is 431 g/mol. The second-order valence-corrected chi connectivity index (χ2v) is 7.79. The first-order valence-corrected chi connectivity index (χ1v) is 10.8. The molecule has 0 radical (unpaired) electrons. The highest BCUT2D eigenvalue weighted by Gasteiger charge is 2.23. The fraction of sp³-hybridized carbons (Fsp3) is 0.320. The van der Waals surface area contributed by atoms with Crippen molar-refractivity contribution in [2.24, 2.45) is 0 Å². The molecule has 0 spiro atoms. The summed E-state index contributed by atoms with van der Waals surface area (Å²) >= 11 is 0. The first-order chi connectivity index (χ1) is 15.6. The number of nitriles is 1. The molecular formula is C25H26N4O3. The third-order valence-electron chi connectivity index (χ3n) is 5.54. The Labute approximate surface area is 187 Å². The van der Waals surface area contributed by atoms with E-state index in [0.29, 0.717) is 49.2 Å². The van der Waals surface area contributed by atoms with E-state index in [2.05, 4.69) is 16.4 Å². The highest BCUT2D eigenvalue weighted by atomic mass is 16.5. The van der Waals surface area contributed by atoms with Crippen molar-refractivity contribution >= 4 is 23.3 Å². The summed E-state index contributed by atoms with van der Waals surface area (Å²) in [6.07, 6.45) is 3.97. The van der Waals surface area contributed by atoms with Crippen LogP contribution in [0, 0.1) is 18.3 Å². The molecule has 1 N–H and O–H groups in total. The number of hydrogen-bond donors (Lipinski definition) is 1. The molecule has 7 heteroatoms. The molecule has 0 bridgehead atoms. The minimum atomic E-state index is 0.0484. The zero-order valence-electron chi connectivity index (χ0n) is 18.4. The Morgan fingerprint density at radius 2 is 2.12 bits per heavy atom. The molecule has 1 fully saturated rings. The lowest BCUT2D eigenvalue weighted by Gasteiger charge is -2.27. The predicted octanol–water partition coefficient (Wildman–Crippen LogP) is 5.32. The maximum atomic E-state index is 12.4. The van der Waals surface area contributed by atoms with Crippen molar-refractivity contribution in [3.8, 4) is 17.4 Å². The van der Waals surface area contributed by atoms with Gasteiger partial charge in [0, 0.05) is 30.8 Å². The van der Waals surface area contributed by atoms with Crippen molar-refractivity contribution in [3.63, 3.8) is 0 Å². The number of aromatic nitrogens is 1. The number of benzene rings is 2. The van der Waals surface area contributed by atoms with Gasteiger partial charge in [0.25, 0.3) is 6.01 Å². The smallest absolute Gasteiger partial charge is 0.299 e. The van der Waals surface area contributed by atoms with E-state index in [-0.39, 0.29) is 5.91 Å². The van der Waals surface area contributed by atoms with Gasteiger partial charge in [-0.05, 0) is 62.1 Å². The van der Waals surface area contributed by atoms with Crippen molar-refractivity contribution in [2.45, 2.75) is 39.7 Å². The van der Waals surface area contributed by atoms with Crippen LogP contribution in [0.15, 0.2) is 47.0 Å². The first-order valence-electron chi connectivity index (χ1n) is 10.8. The van der Waals surface area contributed by atoms with Crippen LogP contribution in [-0.2, 0) is 16.1 Å². The number of nitrogens with one attached hydrogen (secondary N) is 1. The van der Waals surface area contributed by atoms with Gasteiger partial charge in [0.1, 0.15) is 6.07 Å². The third kappa shape index (κ3) is 4.66. The monoisotopic (exact) mass is 430 g/mol. The molecule has 32 heavy (non-hydrogen) atoms. The quantitative estimate of drug-likeness (QED) is 0.545. The standard InChI is InChI=1S/C25H26N4O3/c1-3-31-16-18-8-7-17(2)21(12-18)28-25-27-15-23(32-25)19-9-10-20(14-26)22(13-19)29-11-5-4-6-24(29)30/h7-10,12-13,15H,3-6,11,16H2,1-2H3,(H,27,28). The van der Waals surface area contributed by atoms with Crippen molar-refractivity contribution in [3.05, 3.63) is 59.3 Å². The molecule has 2 aromatic carbocycles. The Kier molecular flexibility index (Phi) is 6.52. The van der Waals surface area contributed by atoms with E-state index in [1.54, 1.807) is 17.2 Å². The van der Waals surface area contributed by atoms with Crippen LogP contribution in [0.5, 0.6) is 0 Å². The van der Waals surface area contributed by atoms with Crippen molar-refractivity contribution < 1.29 is 13.9 Å². The Bertz CT molecular complexity index is 1160. The fourth-order valence-electron chi connectivity index (χ4n) is 3.76. The second kappa shape index (κ2) is 9.67. The van der Waals surface area contributed by atoms with Gasteiger partial charge in [-0.25, -0.2) is 4.98 Å².